The minimum absolute atomic E-state index is 0.0182. The summed E-state index contributed by atoms with van der Waals surface area (Å²) in [6.07, 6.45) is 2.97. The molecular weight excluding hydrogens is 198 g/mol. The maximum Gasteiger partial charge on any atom is 0.243 e. The fourth-order valence-corrected chi connectivity index (χ4v) is 1.00. The second-order valence-corrected chi connectivity index (χ2v) is 3.18. The molecule has 0 aromatic heterocycles. The van der Waals surface area contributed by atoms with Crippen LogP contribution in [0.2, 0.25) is 0 Å². The SMILES string of the molecule is COCCOCCCCCOCC(N)=O. The van der Waals surface area contributed by atoms with Crippen LogP contribution in [0.4, 0.5) is 0 Å². The van der Waals surface area contributed by atoms with E-state index >= 15 is 0 Å². The van der Waals surface area contributed by atoms with E-state index in [1.807, 2.05) is 0 Å². The van der Waals surface area contributed by atoms with Crippen molar-refractivity contribution in [2.75, 3.05) is 40.1 Å². The first-order valence-electron chi connectivity index (χ1n) is 5.20. The minimum atomic E-state index is -0.419. The third-order valence-electron chi connectivity index (χ3n) is 1.75. The summed E-state index contributed by atoms with van der Waals surface area (Å²) in [7, 11) is 1.65. The van der Waals surface area contributed by atoms with Gasteiger partial charge >= 0.3 is 0 Å². The van der Waals surface area contributed by atoms with Crippen LogP contribution in [0.5, 0.6) is 0 Å². The second kappa shape index (κ2) is 11.4. The summed E-state index contributed by atoms with van der Waals surface area (Å²) in [4.78, 5) is 10.3. The highest BCUT2D eigenvalue weighted by molar-refractivity contribution is 5.74. The number of amides is 1. The summed E-state index contributed by atoms with van der Waals surface area (Å²) in [5, 5.41) is 0. The maximum atomic E-state index is 10.3. The summed E-state index contributed by atoms with van der Waals surface area (Å²) >= 11 is 0. The molecule has 0 rings (SSSR count). The van der Waals surface area contributed by atoms with Gasteiger partial charge in [-0.3, -0.25) is 4.79 Å². The van der Waals surface area contributed by atoms with E-state index in [0.29, 0.717) is 19.8 Å². The monoisotopic (exact) mass is 219 g/mol. The molecule has 0 atom stereocenters. The van der Waals surface area contributed by atoms with Crippen molar-refractivity contribution in [2.24, 2.45) is 5.73 Å². The lowest BCUT2D eigenvalue weighted by molar-refractivity contribution is -0.122. The zero-order valence-electron chi connectivity index (χ0n) is 9.37. The molecule has 0 radical (unpaired) electrons. The lowest BCUT2D eigenvalue weighted by Gasteiger charge is -2.03. The van der Waals surface area contributed by atoms with E-state index in [-0.39, 0.29) is 6.61 Å². The first kappa shape index (κ1) is 14.3. The highest BCUT2D eigenvalue weighted by Gasteiger charge is 1.94. The number of methoxy groups -OCH3 is 1. The number of unbranched alkanes of at least 4 members (excludes halogenated alkanes) is 2. The van der Waals surface area contributed by atoms with Gasteiger partial charge in [0, 0.05) is 20.3 Å². The lowest BCUT2D eigenvalue weighted by Crippen LogP contribution is -2.18. The third-order valence-corrected chi connectivity index (χ3v) is 1.75. The van der Waals surface area contributed by atoms with Gasteiger partial charge in [-0.05, 0) is 19.3 Å². The van der Waals surface area contributed by atoms with E-state index in [0.717, 1.165) is 25.9 Å². The Balaban J connectivity index is 2.89. The Morgan fingerprint density at radius 1 is 1.00 bits per heavy atom. The molecule has 0 bridgehead atoms. The highest BCUT2D eigenvalue weighted by Crippen LogP contribution is 1.96. The average Bonchev–Trinajstić information content (AvgIpc) is 2.20. The van der Waals surface area contributed by atoms with E-state index in [9.17, 15) is 4.79 Å². The fraction of sp³-hybridized carbons (Fsp3) is 0.900. The van der Waals surface area contributed by atoms with Crippen LogP contribution in [-0.2, 0) is 19.0 Å². The molecule has 0 saturated carbocycles. The van der Waals surface area contributed by atoms with Gasteiger partial charge in [-0.25, -0.2) is 0 Å². The van der Waals surface area contributed by atoms with Gasteiger partial charge in [0.25, 0.3) is 0 Å². The molecule has 0 aromatic carbocycles. The third kappa shape index (κ3) is 13.3. The Bertz CT molecular complexity index is 152. The molecule has 90 valence electrons. The smallest absolute Gasteiger partial charge is 0.243 e. The number of nitrogens with two attached hydrogens (primary N) is 1. The Morgan fingerprint density at radius 3 is 2.27 bits per heavy atom. The standard InChI is InChI=1S/C10H21NO4/c1-13-7-8-14-5-3-2-4-6-15-9-10(11)12/h2-9H2,1H3,(H2,11,12). The number of carbonyl (C=O) groups excluding carboxylic acids is 1. The van der Waals surface area contributed by atoms with Crippen LogP contribution in [0.1, 0.15) is 19.3 Å². The number of ether oxygens (including phenoxy) is 3. The van der Waals surface area contributed by atoms with Crippen molar-refractivity contribution in [3.8, 4) is 0 Å². The molecule has 2 N–H and O–H groups in total. The van der Waals surface area contributed by atoms with Crippen molar-refractivity contribution < 1.29 is 19.0 Å². The largest absolute Gasteiger partial charge is 0.382 e. The van der Waals surface area contributed by atoms with Crippen molar-refractivity contribution >= 4 is 5.91 Å². The Hall–Kier alpha value is -0.650. The zero-order chi connectivity index (χ0) is 11.4. The molecule has 5 nitrogen and oxygen atoms in total. The molecule has 0 aliphatic heterocycles. The normalized spacial score (nSPS) is 10.5. The van der Waals surface area contributed by atoms with Gasteiger partial charge in [0.2, 0.25) is 5.91 Å². The van der Waals surface area contributed by atoms with Crippen molar-refractivity contribution in [1.82, 2.24) is 0 Å². The predicted molar refractivity (Wildman–Crippen MR) is 56.6 cm³/mol. The van der Waals surface area contributed by atoms with Gasteiger partial charge < -0.3 is 19.9 Å². The van der Waals surface area contributed by atoms with Crippen LogP contribution in [-0.4, -0.2) is 46.1 Å². The average molecular weight is 219 g/mol. The molecule has 0 aromatic rings. The Labute approximate surface area is 90.9 Å². The van der Waals surface area contributed by atoms with E-state index in [1.54, 1.807) is 7.11 Å². The Morgan fingerprint density at radius 2 is 1.67 bits per heavy atom. The quantitative estimate of drug-likeness (QED) is 0.508. The molecule has 0 spiro atoms. The summed E-state index contributed by atoms with van der Waals surface area (Å²) in [5.41, 5.74) is 4.91. The van der Waals surface area contributed by atoms with E-state index in [1.165, 1.54) is 0 Å². The summed E-state index contributed by atoms with van der Waals surface area (Å²) in [5.74, 6) is -0.419. The van der Waals surface area contributed by atoms with Gasteiger partial charge in [0.15, 0.2) is 0 Å². The van der Waals surface area contributed by atoms with Crippen LogP contribution in [0.3, 0.4) is 0 Å². The van der Waals surface area contributed by atoms with Crippen molar-refractivity contribution in [3.63, 3.8) is 0 Å². The zero-order valence-corrected chi connectivity index (χ0v) is 9.37. The van der Waals surface area contributed by atoms with Crippen molar-refractivity contribution in [2.45, 2.75) is 19.3 Å². The molecule has 0 unspecified atom stereocenters. The fourth-order valence-electron chi connectivity index (χ4n) is 1.00. The van der Waals surface area contributed by atoms with Gasteiger partial charge in [-0.2, -0.15) is 0 Å². The maximum absolute atomic E-state index is 10.3. The van der Waals surface area contributed by atoms with Crippen LogP contribution < -0.4 is 5.73 Å². The van der Waals surface area contributed by atoms with Gasteiger partial charge in [0.05, 0.1) is 13.2 Å². The lowest BCUT2D eigenvalue weighted by atomic mass is 10.2. The van der Waals surface area contributed by atoms with Crippen LogP contribution in [0.15, 0.2) is 0 Å². The highest BCUT2D eigenvalue weighted by atomic mass is 16.5. The Kier molecular flexibility index (Phi) is 10.9. The number of primary amides is 1. The molecule has 1 amide bonds. The molecule has 5 heteroatoms. The van der Waals surface area contributed by atoms with Crippen molar-refractivity contribution in [3.05, 3.63) is 0 Å². The predicted octanol–water partition coefficient (Wildman–Crippen LogP) is 0.322. The molecule has 0 heterocycles. The molecule has 0 aliphatic rings. The first-order valence-corrected chi connectivity index (χ1v) is 5.20. The molecule has 15 heavy (non-hydrogen) atoms. The number of carbonyl (C=O) groups is 1. The van der Waals surface area contributed by atoms with Crippen molar-refractivity contribution in [1.29, 1.82) is 0 Å². The number of rotatable bonds is 11. The molecular formula is C10H21NO4. The summed E-state index contributed by atoms with van der Waals surface area (Å²) < 4.78 is 15.1. The molecule has 0 aliphatic carbocycles. The second-order valence-electron chi connectivity index (χ2n) is 3.18. The van der Waals surface area contributed by atoms with E-state index < -0.39 is 5.91 Å². The number of hydrogen-bond donors (Lipinski definition) is 1. The van der Waals surface area contributed by atoms with Crippen LogP contribution >= 0.6 is 0 Å². The topological polar surface area (TPSA) is 70.8 Å². The van der Waals surface area contributed by atoms with Crippen LogP contribution in [0, 0.1) is 0 Å². The van der Waals surface area contributed by atoms with Gasteiger partial charge in [0.1, 0.15) is 6.61 Å². The summed E-state index contributed by atoms with van der Waals surface area (Å²) in [6, 6.07) is 0. The van der Waals surface area contributed by atoms with Gasteiger partial charge in [-0.1, -0.05) is 0 Å². The van der Waals surface area contributed by atoms with Crippen LogP contribution in [0.25, 0.3) is 0 Å². The molecule has 0 saturated heterocycles. The van der Waals surface area contributed by atoms with Gasteiger partial charge in [-0.15, -0.1) is 0 Å². The number of hydrogen-bond acceptors (Lipinski definition) is 4. The van der Waals surface area contributed by atoms with E-state index in [2.05, 4.69) is 0 Å². The minimum Gasteiger partial charge on any atom is -0.382 e. The first-order chi connectivity index (χ1) is 7.27. The van der Waals surface area contributed by atoms with E-state index in [4.69, 9.17) is 19.9 Å². The molecule has 0 fully saturated rings. The summed E-state index contributed by atoms with van der Waals surface area (Å²) in [6.45, 7) is 2.64.